The smallest absolute Gasteiger partial charge is 0.159 e. The molecule has 0 saturated heterocycles. The monoisotopic (exact) mass is 267 g/mol. The number of hydrogen-bond donors (Lipinski definition) is 1. The average molecular weight is 267 g/mol. The number of benzene rings is 1. The van der Waals surface area contributed by atoms with Gasteiger partial charge in [0.1, 0.15) is 5.69 Å². The summed E-state index contributed by atoms with van der Waals surface area (Å²) in [5.74, 6) is 0.875. The summed E-state index contributed by atoms with van der Waals surface area (Å²) in [6.45, 7) is 0.225. The van der Waals surface area contributed by atoms with Crippen LogP contribution in [-0.2, 0) is 13.5 Å². The zero-order chi connectivity index (χ0) is 13.9. The highest BCUT2D eigenvalue weighted by molar-refractivity contribution is 5.80. The van der Waals surface area contributed by atoms with Gasteiger partial charge in [0.15, 0.2) is 5.82 Å². The summed E-state index contributed by atoms with van der Waals surface area (Å²) in [5.41, 5.74) is 4.17. The van der Waals surface area contributed by atoms with Crippen LogP contribution < -0.4 is 0 Å². The molecule has 1 N–H and O–H groups in total. The van der Waals surface area contributed by atoms with Crippen molar-refractivity contribution < 1.29 is 5.11 Å². The number of aromatic nitrogens is 3. The maximum atomic E-state index is 8.92. The predicted octanol–water partition coefficient (Wildman–Crippen LogP) is 2.56. The fraction of sp³-hybridized carbons (Fsp3) is 0.250. The van der Waals surface area contributed by atoms with Gasteiger partial charge < -0.3 is 9.67 Å². The van der Waals surface area contributed by atoms with Crippen molar-refractivity contribution in [2.45, 2.75) is 12.8 Å². The normalized spacial score (nSPS) is 11.1. The number of imidazole rings is 1. The van der Waals surface area contributed by atoms with Crippen LogP contribution in [-0.4, -0.2) is 26.2 Å². The van der Waals surface area contributed by atoms with Crippen molar-refractivity contribution in [2.24, 2.45) is 7.05 Å². The molecule has 0 aliphatic heterocycles. The Morgan fingerprint density at radius 3 is 2.85 bits per heavy atom. The van der Waals surface area contributed by atoms with Gasteiger partial charge in [-0.3, -0.25) is 4.98 Å². The van der Waals surface area contributed by atoms with E-state index in [0.717, 1.165) is 35.4 Å². The molecule has 0 spiro atoms. The SMILES string of the molecule is Cn1c(-c2ccccn2)nc2ccc(CCCO)cc21. The third-order valence-electron chi connectivity index (χ3n) is 3.46. The van der Waals surface area contributed by atoms with E-state index in [2.05, 4.69) is 26.7 Å². The van der Waals surface area contributed by atoms with Gasteiger partial charge in [-0.1, -0.05) is 12.1 Å². The molecule has 0 bridgehead atoms. The van der Waals surface area contributed by atoms with Crippen LogP contribution in [0, 0.1) is 0 Å². The summed E-state index contributed by atoms with van der Waals surface area (Å²) < 4.78 is 2.07. The van der Waals surface area contributed by atoms with E-state index in [-0.39, 0.29) is 6.61 Å². The van der Waals surface area contributed by atoms with E-state index in [1.807, 2.05) is 31.3 Å². The molecular formula is C16H17N3O. The number of aliphatic hydroxyl groups is 1. The first-order chi connectivity index (χ1) is 9.79. The van der Waals surface area contributed by atoms with Crippen LogP contribution in [0.1, 0.15) is 12.0 Å². The van der Waals surface area contributed by atoms with Gasteiger partial charge in [0.25, 0.3) is 0 Å². The molecule has 4 nitrogen and oxygen atoms in total. The molecule has 0 atom stereocenters. The first-order valence-corrected chi connectivity index (χ1v) is 6.77. The summed E-state index contributed by atoms with van der Waals surface area (Å²) in [4.78, 5) is 9.02. The van der Waals surface area contributed by atoms with Gasteiger partial charge in [0, 0.05) is 19.9 Å². The number of aliphatic hydroxyl groups excluding tert-OH is 1. The summed E-state index contributed by atoms with van der Waals surface area (Å²) >= 11 is 0. The standard InChI is InChI=1S/C16H17N3O/c1-19-15-11-12(5-4-10-20)7-8-13(15)18-16(19)14-6-2-3-9-17-14/h2-3,6-9,11,20H,4-5,10H2,1H3. The molecule has 1 aromatic carbocycles. The third kappa shape index (κ3) is 2.30. The Bertz CT molecular complexity index is 719. The third-order valence-corrected chi connectivity index (χ3v) is 3.46. The Labute approximate surface area is 117 Å². The van der Waals surface area contributed by atoms with Crippen molar-refractivity contribution >= 4 is 11.0 Å². The highest BCUT2D eigenvalue weighted by Gasteiger charge is 2.10. The molecule has 0 radical (unpaired) electrons. The summed E-state index contributed by atoms with van der Waals surface area (Å²) in [7, 11) is 2.01. The predicted molar refractivity (Wildman–Crippen MR) is 79.4 cm³/mol. The molecule has 3 aromatic rings. The maximum Gasteiger partial charge on any atom is 0.159 e. The first-order valence-electron chi connectivity index (χ1n) is 6.77. The highest BCUT2D eigenvalue weighted by Crippen LogP contribution is 2.23. The molecule has 0 aliphatic carbocycles. The summed E-state index contributed by atoms with van der Waals surface area (Å²) in [6, 6.07) is 12.1. The minimum atomic E-state index is 0.225. The quantitative estimate of drug-likeness (QED) is 0.790. The minimum Gasteiger partial charge on any atom is -0.396 e. The Hall–Kier alpha value is -2.20. The van der Waals surface area contributed by atoms with E-state index in [4.69, 9.17) is 5.11 Å². The molecule has 4 heteroatoms. The molecule has 0 saturated carbocycles. The first kappa shape index (κ1) is 12.8. The molecule has 0 amide bonds. The van der Waals surface area contributed by atoms with E-state index >= 15 is 0 Å². The van der Waals surface area contributed by atoms with Crippen LogP contribution in [0.25, 0.3) is 22.6 Å². The Kier molecular flexibility index (Phi) is 3.48. The van der Waals surface area contributed by atoms with Gasteiger partial charge in [-0.25, -0.2) is 4.98 Å². The van der Waals surface area contributed by atoms with Gasteiger partial charge >= 0.3 is 0 Å². The molecule has 0 aliphatic rings. The fourth-order valence-electron chi connectivity index (χ4n) is 2.40. The van der Waals surface area contributed by atoms with Gasteiger partial charge in [0.2, 0.25) is 0 Å². The highest BCUT2D eigenvalue weighted by atomic mass is 16.2. The van der Waals surface area contributed by atoms with Crippen LogP contribution in [0.3, 0.4) is 0 Å². The molecule has 20 heavy (non-hydrogen) atoms. The number of hydrogen-bond acceptors (Lipinski definition) is 3. The van der Waals surface area contributed by atoms with Crippen LogP contribution in [0.5, 0.6) is 0 Å². The largest absolute Gasteiger partial charge is 0.396 e. The van der Waals surface area contributed by atoms with Crippen molar-refractivity contribution in [3.8, 4) is 11.5 Å². The zero-order valence-corrected chi connectivity index (χ0v) is 11.5. The molecule has 102 valence electrons. The summed E-state index contributed by atoms with van der Waals surface area (Å²) in [5, 5.41) is 8.92. The number of rotatable bonds is 4. The Balaban J connectivity index is 2.06. The van der Waals surface area contributed by atoms with E-state index < -0.39 is 0 Å². The number of fused-ring (bicyclic) bond motifs is 1. The average Bonchev–Trinajstić information content (AvgIpc) is 2.83. The van der Waals surface area contributed by atoms with Crippen LogP contribution >= 0.6 is 0 Å². The van der Waals surface area contributed by atoms with Crippen molar-refractivity contribution in [3.63, 3.8) is 0 Å². The van der Waals surface area contributed by atoms with Gasteiger partial charge in [0.05, 0.1) is 11.0 Å². The minimum absolute atomic E-state index is 0.225. The Morgan fingerprint density at radius 1 is 1.20 bits per heavy atom. The summed E-state index contributed by atoms with van der Waals surface area (Å²) in [6.07, 6.45) is 3.45. The second kappa shape index (κ2) is 5.43. The van der Waals surface area contributed by atoms with Crippen LogP contribution in [0.2, 0.25) is 0 Å². The second-order valence-electron chi connectivity index (χ2n) is 4.86. The lowest BCUT2D eigenvalue weighted by atomic mass is 10.1. The molecule has 2 heterocycles. The van der Waals surface area contributed by atoms with Crippen LogP contribution in [0.4, 0.5) is 0 Å². The lowest BCUT2D eigenvalue weighted by Gasteiger charge is -2.03. The molecule has 3 rings (SSSR count). The lowest BCUT2D eigenvalue weighted by Crippen LogP contribution is -1.95. The van der Waals surface area contributed by atoms with Crippen LogP contribution in [0.15, 0.2) is 42.6 Å². The molecule has 0 fully saturated rings. The van der Waals surface area contributed by atoms with Gasteiger partial charge in [-0.05, 0) is 42.7 Å². The number of aryl methyl sites for hydroxylation is 2. The van der Waals surface area contributed by atoms with Gasteiger partial charge in [-0.15, -0.1) is 0 Å². The molecular weight excluding hydrogens is 250 g/mol. The van der Waals surface area contributed by atoms with E-state index in [9.17, 15) is 0 Å². The van der Waals surface area contributed by atoms with Crippen molar-refractivity contribution in [2.75, 3.05) is 6.61 Å². The molecule has 0 unspecified atom stereocenters. The lowest BCUT2D eigenvalue weighted by molar-refractivity contribution is 0.288. The van der Waals surface area contributed by atoms with Crippen molar-refractivity contribution in [1.82, 2.24) is 14.5 Å². The van der Waals surface area contributed by atoms with Crippen molar-refractivity contribution in [3.05, 3.63) is 48.2 Å². The fourth-order valence-corrected chi connectivity index (χ4v) is 2.40. The zero-order valence-electron chi connectivity index (χ0n) is 11.5. The van der Waals surface area contributed by atoms with E-state index in [0.29, 0.717) is 0 Å². The maximum absolute atomic E-state index is 8.92. The van der Waals surface area contributed by atoms with Gasteiger partial charge in [-0.2, -0.15) is 0 Å². The number of pyridine rings is 1. The Morgan fingerprint density at radius 2 is 2.10 bits per heavy atom. The number of nitrogens with zero attached hydrogens (tertiary/aromatic N) is 3. The topological polar surface area (TPSA) is 50.9 Å². The van der Waals surface area contributed by atoms with E-state index in [1.165, 1.54) is 5.56 Å². The van der Waals surface area contributed by atoms with Crippen molar-refractivity contribution in [1.29, 1.82) is 0 Å². The molecule has 2 aromatic heterocycles. The van der Waals surface area contributed by atoms with E-state index in [1.54, 1.807) is 6.20 Å². The second-order valence-corrected chi connectivity index (χ2v) is 4.86.